The second kappa shape index (κ2) is 4.30. The predicted molar refractivity (Wildman–Crippen MR) is 46.5 cm³/mol. The average molecular weight is 243 g/mol. The second-order valence-corrected chi connectivity index (χ2v) is 4.26. The minimum atomic E-state index is -4.48. The second-order valence-electron chi connectivity index (χ2n) is 3.03. The van der Waals surface area contributed by atoms with Crippen molar-refractivity contribution in [3.63, 3.8) is 0 Å². The molecule has 1 rings (SSSR count). The minimum Gasteiger partial charge on any atom is -0.480 e. The van der Waals surface area contributed by atoms with E-state index in [0.29, 0.717) is 11.8 Å². The Labute approximate surface area is 87.2 Å². The molecule has 1 heterocycles. The molecule has 0 bridgehead atoms. The molecule has 0 aromatic rings. The van der Waals surface area contributed by atoms with Crippen molar-refractivity contribution in [3.05, 3.63) is 0 Å². The molecule has 1 fully saturated rings. The lowest BCUT2D eigenvalue weighted by atomic mass is 10.2. The standard InChI is InChI=1S/C7H8F3NO3S/c8-7(9,10)4-1-5(12)11-3(2-15-4)6(13)14/h3-4H,1-2H2,(H,11,12)(H,13,14). The molecule has 1 amide bonds. The van der Waals surface area contributed by atoms with E-state index in [-0.39, 0.29) is 5.75 Å². The smallest absolute Gasteiger partial charge is 0.401 e. The van der Waals surface area contributed by atoms with E-state index >= 15 is 0 Å². The Balaban J connectivity index is 2.71. The third kappa shape index (κ3) is 3.29. The number of rotatable bonds is 1. The molecule has 0 spiro atoms. The maximum atomic E-state index is 12.3. The Hall–Kier alpha value is -0.920. The normalized spacial score (nSPS) is 28.1. The first-order chi connectivity index (χ1) is 6.80. The molecule has 1 aliphatic heterocycles. The highest BCUT2D eigenvalue weighted by Crippen LogP contribution is 2.34. The third-order valence-corrected chi connectivity index (χ3v) is 3.20. The van der Waals surface area contributed by atoms with Crippen LogP contribution in [0.25, 0.3) is 0 Å². The molecule has 8 heteroatoms. The van der Waals surface area contributed by atoms with Gasteiger partial charge in [0.2, 0.25) is 5.91 Å². The van der Waals surface area contributed by atoms with Crippen LogP contribution in [0.1, 0.15) is 6.42 Å². The Morgan fingerprint density at radius 3 is 2.60 bits per heavy atom. The number of carboxylic acids is 1. The fourth-order valence-corrected chi connectivity index (χ4v) is 2.19. The third-order valence-electron chi connectivity index (χ3n) is 1.83. The number of carbonyl (C=O) groups excluding carboxylic acids is 1. The van der Waals surface area contributed by atoms with Gasteiger partial charge < -0.3 is 10.4 Å². The average Bonchev–Trinajstić information content (AvgIpc) is 2.25. The van der Waals surface area contributed by atoms with Crippen LogP contribution in [0, 0.1) is 0 Å². The van der Waals surface area contributed by atoms with E-state index in [1.165, 1.54) is 0 Å². The number of thioether (sulfide) groups is 1. The number of nitrogens with one attached hydrogen (secondary N) is 1. The van der Waals surface area contributed by atoms with Crippen molar-refractivity contribution < 1.29 is 27.9 Å². The molecular formula is C7H8F3NO3S. The highest BCUT2D eigenvalue weighted by molar-refractivity contribution is 8.00. The highest BCUT2D eigenvalue weighted by atomic mass is 32.2. The van der Waals surface area contributed by atoms with Gasteiger partial charge in [0.25, 0.3) is 0 Å². The van der Waals surface area contributed by atoms with Crippen LogP contribution in [0.3, 0.4) is 0 Å². The molecule has 0 saturated carbocycles. The van der Waals surface area contributed by atoms with Gasteiger partial charge in [0.15, 0.2) is 0 Å². The van der Waals surface area contributed by atoms with Crippen molar-refractivity contribution in [2.75, 3.05) is 5.75 Å². The maximum absolute atomic E-state index is 12.3. The molecule has 1 aliphatic rings. The van der Waals surface area contributed by atoms with Crippen LogP contribution in [0.15, 0.2) is 0 Å². The predicted octanol–water partition coefficient (Wildman–Crippen LogP) is 0.624. The van der Waals surface area contributed by atoms with Gasteiger partial charge in [0.1, 0.15) is 11.3 Å². The van der Waals surface area contributed by atoms with E-state index in [1.54, 1.807) is 0 Å². The number of alkyl halides is 3. The summed E-state index contributed by atoms with van der Waals surface area (Å²) in [4.78, 5) is 21.5. The van der Waals surface area contributed by atoms with Crippen molar-refractivity contribution in [2.45, 2.75) is 23.9 Å². The number of hydrogen-bond acceptors (Lipinski definition) is 3. The fourth-order valence-electron chi connectivity index (χ4n) is 1.08. The summed E-state index contributed by atoms with van der Waals surface area (Å²) in [5.41, 5.74) is 0. The van der Waals surface area contributed by atoms with Crippen LogP contribution >= 0.6 is 11.8 Å². The molecule has 86 valence electrons. The molecule has 1 saturated heterocycles. The zero-order valence-corrected chi connectivity index (χ0v) is 8.19. The van der Waals surface area contributed by atoms with Crippen LogP contribution in [0.2, 0.25) is 0 Å². The Kier molecular flexibility index (Phi) is 3.48. The van der Waals surface area contributed by atoms with Gasteiger partial charge in [-0.1, -0.05) is 0 Å². The summed E-state index contributed by atoms with van der Waals surface area (Å²) in [5.74, 6) is -2.47. The summed E-state index contributed by atoms with van der Waals surface area (Å²) in [7, 11) is 0. The van der Waals surface area contributed by atoms with E-state index in [9.17, 15) is 22.8 Å². The summed E-state index contributed by atoms with van der Waals surface area (Å²) in [6, 6.07) is -1.24. The highest BCUT2D eigenvalue weighted by Gasteiger charge is 2.43. The first kappa shape index (κ1) is 12.2. The van der Waals surface area contributed by atoms with E-state index in [4.69, 9.17) is 5.11 Å². The van der Waals surface area contributed by atoms with Gasteiger partial charge in [0, 0.05) is 12.2 Å². The van der Waals surface area contributed by atoms with Gasteiger partial charge in [-0.2, -0.15) is 13.2 Å². The largest absolute Gasteiger partial charge is 0.480 e. The van der Waals surface area contributed by atoms with Crippen LogP contribution in [-0.4, -0.2) is 40.2 Å². The van der Waals surface area contributed by atoms with E-state index in [1.807, 2.05) is 5.32 Å². The maximum Gasteiger partial charge on any atom is 0.401 e. The zero-order chi connectivity index (χ0) is 11.6. The van der Waals surface area contributed by atoms with Gasteiger partial charge in [-0.05, 0) is 0 Å². The van der Waals surface area contributed by atoms with E-state index in [0.717, 1.165) is 0 Å². The summed E-state index contributed by atoms with van der Waals surface area (Å²) >= 11 is 0.442. The Bertz CT molecular complexity index is 281. The summed E-state index contributed by atoms with van der Waals surface area (Å²) in [6.07, 6.45) is -5.20. The molecule has 15 heavy (non-hydrogen) atoms. The van der Waals surface area contributed by atoms with Gasteiger partial charge in [-0.15, -0.1) is 11.8 Å². The number of carboxylic acid groups (broad SMARTS) is 1. The molecule has 0 aromatic carbocycles. The topological polar surface area (TPSA) is 66.4 Å². The first-order valence-electron chi connectivity index (χ1n) is 4.01. The molecule has 2 unspecified atom stereocenters. The van der Waals surface area contributed by atoms with Gasteiger partial charge in [-0.25, -0.2) is 4.79 Å². The minimum absolute atomic E-state index is 0.273. The number of carbonyl (C=O) groups is 2. The van der Waals surface area contributed by atoms with Crippen LogP contribution in [0.4, 0.5) is 13.2 Å². The van der Waals surface area contributed by atoms with E-state index in [2.05, 4.69) is 0 Å². The summed E-state index contributed by atoms with van der Waals surface area (Å²) in [6.45, 7) is 0. The van der Waals surface area contributed by atoms with Crippen molar-refractivity contribution in [3.8, 4) is 0 Å². The van der Waals surface area contributed by atoms with Crippen LogP contribution < -0.4 is 5.32 Å². The van der Waals surface area contributed by atoms with E-state index < -0.39 is 35.8 Å². The van der Waals surface area contributed by atoms with Crippen LogP contribution in [0.5, 0.6) is 0 Å². The SMILES string of the molecule is O=C1CC(C(F)(F)F)SCC(C(=O)O)N1. The summed E-state index contributed by atoms with van der Waals surface area (Å²) in [5, 5.41) is 8.76. The Morgan fingerprint density at radius 2 is 2.13 bits per heavy atom. The summed E-state index contributed by atoms with van der Waals surface area (Å²) < 4.78 is 36.8. The lowest BCUT2D eigenvalue weighted by Gasteiger charge is -2.15. The molecule has 0 aliphatic carbocycles. The first-order valence-corrected chi connectivity index (χ1v) is 5.06. The monoisotopic (exact) mass is 243 g/mol. The van der Waals surface area contributed by atoms with Gasteiger partial charge in [0.05, 0.1) is 0 Å². The molecule has 2 atom stereocenters. The molecule has 0 aromatic heterocycles. The van der Waals surface area contributed by atoms with Gasteiger partial charge in [-0.3, -0.25) is 4.79 Å². The van der Waals surface area contributed by atoms with Crippen molar-refractivity contribution in [1.82, 2.24) is 5.32 Å². The van der Waals surface area contributed by atoms with Crippen molar-refractivity contribution >= 4 is 23.6 Å². The van der Waals surface area contributed by atoms with Gasteiger partial charge >= 0.3 is 12.1 Å². The van der Waals surface area contributed by atoms with Crippen LogP contribution in [-0.2, 0) is 9.59 Å². The quantitative estimate of drug-likeness (QED) is 0.708. The molecule has 4 nitrogen and oxygen atoms in total. The Morgan fingerprint density at radius 1 is 1.53 bits per heavy atom. The zero-order valence-electron chi connectivity index (χ0n) is 7.37. The number of amides is 1. The van der Waals surface area contributed by atoms with Crippen molar-refractivity contribution in [1.29, 1.82) is 0 Å². The lowest BCUT2D eigenvalue weighted by molar-refractivity contribution is -0.143. The number of aliphatic carboxylic acids is 1. The number of hydrogen-bond donors (Lipinski definition) is 2. The fraction of sp³-hybridized carbons (Fsp3) is 0.714. The number of halogens is 3. The molecule has 2 N–H and O–H groups in total. The molecule has 0 radical (unpaired) electrons. The van der Waals surface area contributed by atoms with Crippen molar-refractivity contribution in [2.24, 2.45) is 0 Å². The molecular weight excluding hydrogens is 235 g/mol. The lowest BCUT2D eigenvalue weighted by Crippen LogP contribution is -2.41.